The Labute approximate surface area is 81.5 Å². The molecular weight excluding hydrogens is 160 g/mol. The van der Waals surface area contributed by atoms with Gasteiger partial charge in [0.15, 0.2) is 0 Å². The SMILES string of the molecule is CC1C(O)CCC1C1CCCCC1. The predicted molar refractivity (Wildman–Crippen MR) is 54.5 cm³/mol. The Bertz CT molecular complexity index is 161. The van der Waals surface area contributed by atoms with Crippen molar-refractivity contribution < 1.29 is 5.11 Å². The molecule has 3 unspecified atom stereocenters. The first-order chi connectivity index (χ1) is 6.29. The molecule has 2 fully saturated rings. The number of aliphatic hydroxyl groups excluding tert-OH is 1. The summed E-state index contributed by atoms with van der Waals surface area (Å²) in [6, 6.07) is 0. The van der Waals surface area contributed by atoms with E-state index in [0.29, 0.717) is 5.92 Å². The third-order valence-corrected chi connectivity index (χ3v) is 4.33. The molecule has 0 aromatic rings. The first kappa shape index (κ1) is 9.51. The molecule has 1 heteroatoms. The fourth-order valence-electron chi connectivity index (χ4n) is 3.40. The molecule has 0 aliphatic heterocycles. The Morgan fingerprint density at radius 3 is 2.15 bits per heavy atom. The average molecular weight is 182 g/mol. The van der Waals surface area contributed by atoms with Crippen LogP contribution < -0.4 is 0 Å². The Morgan fingerprint density at radius 1 is 0.923 bits per heavy atom. The predicted octanol–water partition coefficient (Wildman–Crippen LogP) is 2.97. The summed E-state index contributed by atoms with van der Waals surface area (Å²) in [6.07, 6.45) is 9.53. The monoisotopic (exact) mass is 182 g/mol. The van der Waals surface area contributed by atoms with Crippen LogP contribution in [0.25, 0.3) is 0 Å². The van der Waals surface area contributed by atoms with Crippen LogP contribution in [0.3, 0.4) is 0 Å². The molecule has 0 spiro atoms. The maximum absolute atomic E-state index is 9.70. The molecule has 0 radical (unpaired) electrons. The molecule has 0 aromatic carbocycles. The second kappa shape index (κ2) is 4.00. The van der Waals surface area contributed by atoms with E-state index in [1.165, 1.54) is 38.5 Å². The highest BCUT2D eigenvalue weighted by atomic mass is 16.3. The van der Waals surface area contributed by atoms with Gasteiger partial charge in [-0.3, -0.25) is 0 Å². The van der Waals surface area contributed by atoms with Gasteiger partial charge < -0.3 is 5.11 Å². The molecule has 2 saturated carbocycles. The van der Waals surface area contributed by atoms with E-state index in [-0.39, 0.29) is 6.10 Å². The van der Waals surface area contributed by atoms with Crippen molar-refractivity contribution in [2.75, 3.05) is 0 Å². The molecule has 13 heavy (non-hydrogen) atoms. The Kier molecular flexibility index (Phi) is 2.92. The molecule has 2 aliphatic rings. The molecule has 0 heterocycles. The van der Waals surface area contributed by atoms with Crippen LogP contribution in [0.15, 0.2) is 0 Å². The lowest BCUT2D eigenvalue weighted by molar-refractivity contribution is 0.105. The fourth-order valence-corrected chi connectivity index (χ4v) is 3.40. The number of rotatable bonds is 1. The van der Waals surface area contributed by atoms with Gasteiger partial charge in [0.2, 0.25) is 0 Å². The van der Waals surface area contributed by atoms with Crippen molar-refractivity contribution in [1.29, 1.82) is 0 Å². The normalized spacial score (nSPS) is 42.5. The van der Waals surface area contributed by atoms with Crippen LogP contribution >= 0.6 is 0 Å². The van der Waals surface area contributed by atoms with Crippen LogP contribution in [0, 0.1) is 17.8 Å². The van der Waals surface area contributed by atoms with Crippen LogP contribution in [0.5, 0.6) is 0 Å². The highest BCUT2D eigenvalue weighted by molar-refractivity contribution is 4.87. The van der Waals surface area contributed by atoms with Crippen LogP contribution in [0.4, 0.5) is 0 Å². The van der Waals surface area contributed by atoms with E-state index in [4.69, 9.17) is 0 Å². The smallest absolute Gasteiger partial charge is 0.0568 e. The Balaban J connectivity index is 1.92. The fraction of sp³-hybridized carbons (Fsp3) is 1.00. The first-order valence-electron chi connectivity index (χ1n) is 5.97. The average Bonchev–Trinajstić information content (AvgIpc) is 2.49. The van der Waals surface area contributed by atoms with Gasteiger partial charge in [-0.25, -0.2) is 0 Å². The molecule has 2 rings (SSSR count). The van der Waals surface area contributed by atoms with E-state index < -0.39 is 0 Å². The van der Waals surface area contributed by atoms with Gasteiger partial charge in [0.05, 0.1) is 6.10 Å². The summed E-state index contributed by atoms with van der Waals surface area (Å²) < 4.78 is 0. The minimum Gasteiger partial charge on any atom is -0.393 e. The van der Waals surface area contributed by atoms with E-state index in [1.54, 1.807) is 0 Å². The van der Waals surface area contributed by atoms with Crippen molar-refractivity contribution in [2.45, 2.75) is 58.0 Å². The summed E-state index contributed by atoms with van der Waals surface area (Å²) in [5.74, 6) is 2.36. The zero-order valence-corrected chi connectivity index (χ0v) is 8.71. The van der Waals surface area contributed by atoms with Crippen molar-refractivity contribution in [3.63, 3.8) is 0 Å². The molecule has 1 N–H and O–H groups in total. The van der Waals surface area contributed by atoms with Gasteiger partial charge in [-0.15, -0.1) is 0 Å². The molecule has 0 aromatic heterocycles. The van der Waals surface area contributed by atoms with Crippen LogP contribution in [-0.4, -0.2) is 11.2 Å². The van der Waals surface area contributed by atoms with Gasteiger partial charge in [-0.1, -0.05) is 39.0 Å². The third kappa shape index (κ3) is 1.90. The van der Waals surface area contributed by atoms with Crippen molar-refractivity contribution in [3.05, 3.63) is 0 Å². The lowest BCUT2D eigenvalue weighted by atomic mass is 9.76. The van der Waals surface area contributed by atoms with E-state index in [0.717, 1.165) is 18.3 Å². The van der Waals surface area contributed by atoms with Gasteiger partial charge in [0.25, 0.3) is 0 Å². The van der Waals surface area contributed by atoms with Gasteiger partial charge in [0, 0.05) is 0 Å². The second-order valence-electron chi connectivity index (χ2n) is 5.07. The Hall–Kier alpha value is -0.0400. The molecule has 0 bridgehead atoms. The lowest BCUT2D eigenvalue weighted by Gasteiger charge is -2.30. The summed E-state index contributed by atoms with van der Waals surface area (Å²) in [5, 5.41) is 9.70. The highest BCUT2D eigenvalue weighted by Crippen LogP contribution is 2.42. The zero-order chi connectivity index (χ0) is 9.26. The quantitative estimate of drug-likeness (QED) is 0.661. The Morgan fingerprint density at radius 2 is 1.62 bits per heavy atom. The first-order valence-corrected chi connectivity index (χ1v) is 5.97. The summed E-state index contributed by atoms with van der Waals surface area (Å²) in [7, 11) is 0. The number of hydrogen-bond acceptors (Lipinski definition) is 1. The number of hydrogen-bond donors (Lipinski definition) is 1. The van der Waals surface area contributed by atoms with Crippen molar-refractivity contribution in [2.24, 2.45) is 17.8 Å². The molecule has 2 aliphatic carbocycles. The molecular formula is C12H22O. The van der Waals surface area contributed by atoms with Crippen LogP contribution in [0.1, 0.15) is 51.9 Å². The minimum absolute atomic E-state index is 0.00641. The van der Waals surface area contributed by atoms with E-state index in [1.807, 2.05) is 0 Å². The van der Waals surface area contributed by atoms with Crippen molar-refractivity contribution >= 4 is 0 Å². The van der Waals surface area contributed by atoms with Gasteiger partial charge >= 0.3 is 0 Å². The minimum atomic E-state index is 0.00641. The highest BCUT2D eigenvalue weighted by Gasteiger charge is 2.36. The maximum atomic E-state index is 9.70. The summed E-state index contributed by atoms with van der Waals surface area (Å²) in [5.41, 5.74) is 0. The van der Waals surface area contributed by atoms with Crippen LogP contribution in [0.2, 0.25) is 0 Å². The van der Waals surface area contributed by atoms with E-state index in [2.05, 4.69) is 6.92 Å². The van der Waals surface area contributed by atoms with E-state index >= 15 is 0 Å². The molecule has 76 valence electrons. The number of aliphatic hydroxyl groups is 1. The largest absolute Gasteiger partial charge is 0.393 e. The topological polar surface area (TPSA) is 20.2 Å². The van der Waals surface area contributed by atoms with Crippen molar-refractivity contribution in [3.8, 4) is 0 Å². The summed E-state index contributed by atoms with van der Waals surface area (Å²) >= 11 is 0. The standard InChI is InChI=1S/C12H22O/c1-9-11(7-8-12(9)13)10-5-3-2-4-6-10/h9-13H,2-8H2,1H3. The summed E-state index contributed by atoms with van der Waals surface area (Å²) in [6.45, 7) is 2.25. The van der Waals surface area contributed by atoms with E-state index in [9.17, 15) is 5.11 Å². The maximum Gasteiger partial charge on any atom is 0.0568 e. The zero-order valence-electron chi connectivity index (χ0n) is 8.71. The lowest BCUT2D eigenvalue weighted by Crippen LogP contribution is -2.23. The molecule has 1 nitrogen and oxygen atoms in total. The van der Waals surface area contributed by atoms with Gasteiger partial charge in [-0.2, -0.15) is 0 Å². The van der Waals surface area contributed by atoms with Crippen molar-refractivity contribution in [1.82, 2.24) is 0 Å². The summed E-state index contributed by atoms with van der Waals surface area (Å²) in [4.78, 5) is 0. The van der Waals surface area contributed by atoms with Gasteiger partial charge in [-0.05, 0) is 30.6 Å². The molecule has 0 saturated heterocycles. The van der Waals surface area contributed by atoms with Gasteiger partial charge in [0.1, 0.15) is 0 Å². The third-order valence-electron chi connectivity index (χ3n) is 4.33. The van der Waals surface area contributed by atoms with Crippen LogP contribution in [-0.2, 0) is 0 Å². The molecule has 0 amide bonds. The molecule has 3 atom stereocenters. The second-order valence-corrected chi connectivity index (χ2v) is 5.07.